The summed E-state index contributed by atoms with van der Waals surface area (Å²) < 4.78 is 0. The molecule has 2 heteroatoms. The highest BCUT2D eigenvalue weighted by molar-refractivity contribution is 4.77. The summed E-state index contributed by atoms with van der Waals surface area (Å²) in [6.07, 6.45) is 11.1. The molecule has 1 aliphatic carbocycles. The Bertz CT molecular complexity index is 129. The van der Waals surface area contributed by atoms with E-state index in [-0.39, 0.29) is 0 Å². The van der Waals surface area contributed by atoms with Crippen molar-refractivity contribution in [3.63, 3.8) is 0 Å². The molecule has 1 N–H and O–H groups in total. The van der Waals surface area contributed by atoms with Gasteiger partial charge in [-0.3, -0.25) is 0 Å². The summed E-state index contributed by atoms with van der Waals surface area (Å²) >= 11 is 0. The molecule has 1 saturated carbocycles. The fourth-order valence-corrected chi connectivity index (χ4v) is 1.69. The van der Waals surface area contributed by atoms with E-state index in [1.807, 2.05) is 6.19 Å². The Morgan fingerprint density at radius 3 is 2.09 bits per heavy atom. The van der Waals surface area contributed by atoms with Gasteiger partial charge in [-0.25, -0.2) is 0 Å². The van der Waals surface area contributed by atoms with Crippen LogP contribution in [0.5, 0.6) is 0 Å². The van der Waals surface area contributed by atoms with E-state index in [4.69, 9.17) is 5.26 Å². The van der Waals surface area contributed by atoms with Crippen molar-refractivity contribution in [2.45, 2.75) is 51.0 Å². The second-order valence-electron chi connectivity index (χ2n) is 3.30. The van der Waals surface area contributed by atoms with Crippen molar-refractivity contribution in [3.05, 3.63) is 0 Å². The first-order valence-electron chi connectivity index (χ1n) is 4.58. The van der Waals surface area contributed by atoms with Crippen molar-refractivity contribution >= 4 is 0 Å². The molecule has 1 aliphatic rings. The third kappa shape index (κ3) is 3.27. The maximum atomic E-state index is 8.42. The normalized spacial score (nSPS) is 21.4. The summed E-state index contributed by atoms with van der Waals surface area (Å²) in [6.45, 7) is 0. The lowest BCUT2D eigenvalue weighted by molar-refractivity contribution is 0.423. The summed E-state index contributed by atoms with van der Waals surface area (Å²) in [5.41, 5.74) is 0. The number of nitriles is 1. The van der Waals surface area contributed by atoms with Gasteiger partial charge in [-0.1, -0.05) is 32.1 Å². The summed E-state index contributed by atoms with van der Waals surface area (Å²) in [4.78, 5) is 0. The number of nitrogens with one attached hydrogen (secondary N) is 1. The molecule has 0 radical (unpaired) electrons. The second-order valence-corrected chi connectivity index (χ2v) is 3.30. The molecule has 1 fully saturated rings. The SMILES string of the molecule is N#CNC1CCCCCCC1. The van der Waals surface area contributed by atoms with Crippen LogP contribution in [0.3, 0.4) is 0 Å². The third-order valence-corrected chi connectivity index (χ3v) is 2.37. The van der Waals surface area contributed by atoms with E-state index in [9.17, 15) is 0 Å². The van der Waals surface area contributed by atoms with Crippen molar-refractivity contribution < 1.29 is 0 Å². The molecule has 2 nitrogen and oxygen atoms in total. The monoisotopic (exact) mass is 152 g/mol. The third-order valence-electron chi connectivity index (χ3n) is 2.37. The zero-order chi connectivity index (χ0) is 7.94. The van der Waals surface area contributed by atoms with E-state index in [0.717, 1.165) is 0 Å². The van der Waals surface area contributed by atoms with Crippen LogP contribution in [0.15, 0.2) is 0 Å². The topological polar surface area (TPSA) is 35.8 Å². The summed E-state index contributed by atoms with van der Waals surface area (Å²) in [7, 11) is 0. The molecule has 0 aliphatic heterocycles. The molecule has 0 aromatic rings. The summed E-state index contributed by atoms with van der Waals surface area (Å²) in [6, 6.07) is 0.472. The number of hydrogen-bond donors (Lipinski definition) is 1. The smallest absolute Gasteiger partial charge is 0.176 e. The molecule has 0 aromatic carbocycles. The van der Waals surface area contributed by atoms with Crippen molar-refractivity contribution in [3.8, 4) is 6.19 Å². The maximum absolute atomic E-state index is 8.42. The van der Waals surface area contributed by atoms with Crippen molar-refractivity contribution in [1.82, 2.24) is 5.32 Å². The van der Waals surface area contributed by atoms with Crippen LogP contribution in [0.4, 0.5) is 0 Å². The fraction of sp³-hybridized carbons (Fsp3) is 0.889. The predicted octanol–water partition coefficient (Wildman–Crippen LogP) is 2.17. The van der Waals surface area contributed by atoms with Crippen molar-refractivity contribution in [2.24, 2.45) is 0 Å². The molecule has 0 heterocycles. The predicted molar refractivity (Wildman–Crippen MR) is 44.9 cm³/mol. The molecule has 62 valence electrons. The molecule has 0 spiro atoms. The lowest BCUT2D eigenvalue weighted by atomic mass is 9.97. The first-order chi connectivity index (χ1) is 5.43. The molecule has 0 atom stereocenters. The van der Waals surface area contributed by atoms with Crippen molar-refractivity contribution in [1.29, 1.82) is 5.26 Å². The van der Waals surface area contributed by atoms with E-state index >= 15 is 0 Å². The Hall–Kier alpha value is -0.710. The minimum absolute atomic E-state index is 0.472. The van der Waals surface area contributed by atoms with Gasteiger partial charge in [0.05, 0.1) is 0 Å². The van der Waals surface area contributed by atoms with Crippen LogP contribution >= 0.6 is 0 Å². The van der Waals surface area contributed by atoms with E-state index in [2.05, 4.69) is 5.32 Å². The van der Waals surface area contributed by atoms with Crippen LogP contribution in [-0.2, 0) is 0 Å². The number of nitrogens with zero attached hydrogens (tertiary/aromatic N) is 1. The second kappa shape index (κ2) is 5.01. The van der Waals surface area contributed by atoms with Gasteiger partial charge in [0.15, 0.2) is 6.19 Å². The average molecular weight is 152 g/mol. The minimum Gasteiger partial charge on any atom is -0.321 e. The van der Waals surface area contributed by atoms with Gasteiger partial charge >= 0.3 is 0 Å². The summed E-state index contributed by atoms with van der Waals surface area (Å²) in [5, 5.41) is 11.3. The molecule has 11 heavy (non-hydrogen) atoms. The molecule has 0 bridgehead atoms. The molecule has 0 saturated heterocycles. The number of rotatable bonds is 1. The largest absolute Gasteiger partial charge is 0.321 e. The van der Waals surface area contributed by atoms with Gasteiger partial charge in [-0.2, -0.15) is 5.26 Å². The molecular weight excluding hydrogens is 136 g/mol. The highest BCUT2D eigenvalue weighted by Crippen LogP contribution is 2.16. The van der Waals surface area contributed by atoms with Gasteiger partial charge in [0, 0.05) is 6.04 Å². The molecule has 0 unspecified atom stereocenters. The Morgan fingerprint density at radius 2 is 1.55 bits per heavy atom. The lowest BCUT2D eigenvalue weighted by Gasteiger charge is -2.17. The summed E-state index contributed by atoms with van der Waals surface area (Å²) in [5.74, 6) is 0. The van der Waals surface area contributed by atoms with Crippen LogP contribution in [0.2, 0.25) is 0 Å². The van der Waals surface area contributed by atoms with Crippen LogP contribution in [0, 0.1) is 11.5 Å². The highest BCUT2D eigenvalue weighted by Gasteiger charge is 2.08. The Labute approximate surface area is 68.6 Å². The van der Waals surface area contributed by atoms with Crippen molar-refractivity contribution in [2.75, 3.05) is 0 Å². The van der Waals surface area contributed by atoms with Gasteiger partial charge in [-0.15, -0.1) is 0 Å². The van der Waals surface area contributed by atoms with Crippen LogP contribution in [0.25, 0.3) is 0 Å². The quantitative estimate of drug-likeness (QED) is 0.461. The van der Waals surface area contributed by atoms with Crippen LogP contribution in [-0.4, -0.2) is 6.04 Å². The van der Waals surface area contributed by atoms with E-state index < -0.39 is 0 Å². The lowest BCUT2D eigenvalue weighted by Crippen LogP contribution is -2.25. The first kappa shape index (κ1) is 8.39. The highest BCUT2D eigenvalue weighted by atomic mass is 14.9. The standard InChI is InChI=1S/C9H16N2/c10-8-11-9-6-4-2-1-3-5-7-9/h9,11H,1-7H2. The maximum Gasteiger partial charge on any atom is 0.176 e. The minimum atomic E-state index is 0.472. The van der Waals surface area contributed by atoms with Crippen LogP contribution < -0.4 is 5.32 Å². The van der Waals surface area contributed by atoms with Crippen LogP contribution in [0.1, 0.15) is 44.9 Å². The molecule has 0 aromatic heterocycles. The van der Waals surface area contributed by atoms with Gasteiger partial charge in [-0.05, 0) is 12.8 Å². The van der Waals surface area contributed by atoms with E-state index in [0.29, 0.717) is 6.04 Å². The van der Waals surface area contributed by atoms with Gasteiger partial charge in [0.2, 0.25) is 0 Å². The average Bonchev–Trinajstić information content (AvgIpc) is 1.94. The Balaban J connectivity index is 2.21. The molecule has 1 rings (SSSR count). The zero-order valence-corrected chi connectivity index (χ0v) is 6.97. The van der Waals surface area contributed by atoms with Gasteiger partial charge in [0.25, 0.3) is 0 Å². The Morgan fingerprint density at radius 1 is 1.00 bits per heavy atom. The zero-order valence-electron chi connectivity index (χ0n) is 6.97. The van der Waals surface area contributed by atoms with Gasteiger partial charge in [0.1, 0.15) is 0 Å². The number of hydrogen-bond acceptors (Lipinski definition) is 2. The van der Waals surface area contributed by atoms with Gasteiger partial charge < -0.3 is 5.32 Å². The van der Waals surface area contributed by atoms with E-state index in [1.165, 1.54) is 44.9 Å². The first-order valence-corrected chi connectivity index (χ1v) is 4.58. The Kier molecular flexibility index (Phi) is 3.82. The fourth-order valence-electron chi connectivity index (χ4n) is 1.69. The molecule has 0 amide bonds. The van der Waals surface area contributed by atoms with E-state index in [1.54, 1.807) is 0 Å². The molecular formula is C9H16N2.